The summed E-state index contributed by atoms with van der Waals surface area (Å²) in [5.74, 6) is 0.512. The van der Waals surface area contributed by atoms with Gasteiger partial charge in [0.15, 0.2) is 0 Å². The van der Waals surface area contributed by atoms with Crippen LogP contribution in [0.1, 0.15) is 50.5 Å². The minimum atomic E-state index is -0.168. The molecule has 1 spiro atoms. The first-order valence-electron chi connectivity index (χ1n) is 8.92. The molecule has 1 aromatic rings. The molecule has 2 N–H and O–H groups in total. The number of piperidine rings is 1. The molecular formula is C19H25ClN2O. The fourth-order valence-corrected chi connectivity index (χ4v) is 4.88. The van der Waals surface area contributed by atoms with Gasteiger partial charge in [-0.2, -0.15) is 0 Å². The van der Waals surface area contributed by atoms with Crippen molar-refractivity contribution >= 4 is 17.5 Å². The molecule has 1 atom stereocenters. The minimum absolute atomic E-state index is 0.168. The van der Waals surface area contributed by atoms with E-state index in [4.69, 9.17) is 11.6 Å². The van der Waals surface area contributed by atoms with Crippen molar-refractivity contribution in [1.82, 2.24) is 10.6 Å². The lowest BCUT2D eigenvalue weighted by molar-refractivity contribution is -0.125. The van der Waals surface area contributed by atoms with Gasteiger partial charge in [0.1, 0.15) is 0 Å². The van der Waals surface area contributed by atoms with E-state index in [1.165, 1.54) is 18.4 Å². The zero-order valence-electron chi connectivity index (χ0n) is 13.5. The maximum absolute atomic E-state index is 12.9. The zero-order valence-corrected chi connectivity index (χ0v) is 14.3. The average molecular weight is 333 g/mol. The van der Waals surface area contributed by atoms with Crippen LogP contribution < -0.4 is 10.6 Å². The van der Waals surface area contributed by atoms with Gasteiger partial charge in [-0.15, -0.1) is 0 Å². The molecule has 1 unspecified atom stereocenters. The molecule has 0 radical (unpaired) electrons. The van der Waals surface area contributed by atoms with Crippen LogP contribution in [0.2, 0.25) is 5.02 Å². The highest BCUT2D eigenvalue weighted by atomic mass is 35.5. The van der Waals surface area contributed by atoms with Crippen molar-refractivity contribution in [1.29, 1.82) is 0 Å². The predicted octanol–water partition coefficient (Wildman–Crippen LogP) is 3.62. The molecule has 3 fully saturated rings. The van der Waals surface area contributed by atoms with Crippen molar-refractivity contribution in [3.63, 3.8) is 0 Å². The molecular weight excluding hydrogens is 308 g/mol. The van der Waals surface area contributed by atoms with Crippen LogP contribution in [0.3, 0.4) is 0 Å². The molecule has 1 heterocycles. The minimum Gasteiger partial charge on any atom is -0.346 e. The second-order valence-electron chi connectivity index (χ2n) is 7.65. The molecule has 4 rings (SSSR count). The number of carbonyl (C=O) groups is 1. The van der Waals surface area contributed by atoms with Crippen molar-refractivity contribution in [3.05, 3.63) is 34.9 Å². The summed E-state index contributed by atoms with van der Waals surface area (Å²) < 4.78 is 0. The third kappa shape index (κ3) is 2.78. The second-order valence-corrected chi connectivity index (χ2v) is 8.09. The first-order valence-corrected chi connectivity index (χ1v) is 9.30. The molecule has 124 valence electrons. The number of hydrogen-bond acceptors (Lipinski definition) is 2. The maximum Gasteiger partial charge on any atom is 0.224 e. The molecule has 1 amide bonds. The fourth-order valence-electron chi connectivity index (χ4n) is 4.75. The van der Waals surface area contributed by atoms with Gasteiger partial charge >= 0.3 is 0 Å². The van der Waals surface area contributed by atoms with Gasteiger partial charge in [0.2, 0.25) is 5.91 Å². The Bertz CT molecular complexity index is 586. The Kier molecular flexibility index (Phi) is 3.89. The lowest BCUT2D eigenvalue weighted by atomic mass is 9.87. The first kappa shape index (κ1) is 15.5. The quantitative estimate of drug-likeness (QED) is 0.887. The Morgan fingerprint density at radius 3 is 2.39 bits per heavy atom. The lowest BCUT2D eigenvalue weighted by Crippen LogP contribution is -2.45. The number of benzene rings is 1. The van der Waals surface area contributed by atoms with E-state index in [1.54, 1.807) is 0 Å². The third-order valence-electron chi connectivity index (χ3n) is 6.32. The van der Waals surface area contributed by atoms with Crippen LogP contribution in [0.25, 0.3) is 0 Å². The molecule has 0 aromatic heterocycles. The Morgan fingerprint density at radius 1 is 1.09 bits per heavy atom. The predicted molar refractivity (Wildman–Crippen MR) is 92.4 cm³/mol. The first-order chi connectivity index (χ1) is 11.1. The number of hydrogen-bond donors (Lipinski definition) is 2. The highest BCUT2D eigenvalue weighted by molar-refractivity contribution is 6.30. The molecule has 1 aliphatic heterocycles. The Hall–Kier alpha value is -1.06. The maximum atomic E-state index is 12.9. The summed E-state index contributed by atoms with van der Waals surface area (Å²) in [6.07, 6.45) is 7.84. The van der Waals surface area contributed by atoms with Gasteiger partial charge in [0.25, 0.3) is 0 Å². The van der Waals surface area contributed by atoms with E-state index in [0.29, 0.717) is 5.41 Å². The summed E-state index contributed by atoms with van der Waals surface area (Å²) in [5.41, 5.74) is 1.35. The van der Waals surface area contributed by atoms with Crippen molar-refractivity contribution in [2.45, 2.75) is 50.5 Å². The number of halogens is 1. The zero-order chi connectivity index (χ0) is 15.9. The van der Waals surface area contributed by atoms with E-state index in [0.717, 1.165) is 50.2 Å². The summed E-state index contributed by atoms with van der Waals surface area (Å²) in [6, 6.07) is 8.05. The number of carbonyl (C=O) groups excluding carboxylic acids is 1. The van der Waals surface area contributed by atoms with Gasteiger partial charge in [-0.25, -0.2) is 0 Å². The van der Waals surface area contributed by atoms with Crippen molar-refractivity contribution in [3.8, 4) is 0 Å². The Morgan fingerprint density at radius 2 is 1.74 bits per heavy atom. The third-order valence-corrected chi connectivity index (χ3v) is 6.57. The fraction of sp³-hybridized carbons (Fsp3) is 0.632. The van der Waals surface area contributed by atoms with Crippen LogP contribution in [0.15, 0.2) is 24.3 Å². The molecule has 2 aliphatic carbocycles. The van der Waals surface area contributed by atoms with E-state index in [-0.39, 0.29) is 17.4 Å². The molecule has 23 heavy (non-hydrogen) atoms. The number of amides is 1. The van der Waals surface area contributed by atoms with Crippen LogP contribution >= 0.6 is 11.6 Å². The van der Waals surface area contributed by atoms with E-state index in [9.17, 15) is 4.79 Å². The number of rotatable bonds is 3. The topological polar surface area (TPSA) is 41.1 Å². The van der Waals surface area contributed by atoms with E-state index < -0.39 is 0 Å². The van der Waals surface area contributed by atoms with Crippen molar-refractivity contribution < 1.29 is 4.79 Å². The molecule has 0 bridgehead atoms. The van der Waals surface area contributed by atoms with Gasteiger partial charge in [0.05, 0.1) is 5.54 Å². The van der Waals surface area contributed by atoms with Crippen LogP contribution in [0, 0.1) is 11.3 Å². The molecule has 1 aromatic carbocycles. The molecule has 1 saturated heterocycles. The van der Waals surface area contributed by atoms with Gasteiger partial charge in [-0.05, 0) is 68.3 Å². The Labute approximate surface area is 143 Å². The van der Waals surface area contributed by atoms with E-state index in [1.807, 2.05) is 12.1 Å². The smallest absolute Gasteiger partial charge is 0.224 e. The monoisotopic (exact) mass is 332 g/mol. The SMILES string of the molecule is O=C(NC1(c2ccc(Cl)cc2)CCCC1)C1CC12CCNCC2. The van der Waals surface area contributed by atoms with Crippen LogP contribution in [0.5, 0.6) is 0 Å². The highest BCUT2D eigenvalue weighted by Gasteiger charge is 2.58. The lowest BCUT2D eigenvalue weighted by Gasteiger charge is -2.32. The molecule has 3 aliphatic rings. The summed E-state index contributed by atoms with van der Waals surface area (Å²) in [5, 5.41) is 7.62. The van der Waals surface area contributed by atoms with Crippen LogP contribution in [-0.4, -0.2) is 19.0 Å². The summed E-state index contributed by atoms with van der Waals surface area (Å²) >= 11 is 6.03. The van der Waals surface area contributed by atoms with Crippen molar-refractivity contribution in [2.24, 2.45) is 11.3 Å². The van der Waals surface area contributed by atoms with Crippen molar-refractivity contribution in [2.75, 3.05) is 13.1 Å². The largest absolute Gasteiger partial charge is 0.346 e. The van der Waals surface area contributed by atoms with Gasteiger partial charge in [0, 0.05) is 10.9 Å². The van der Waals surface area contributed by atoms with Gasteiger partial charge < -0.3 is 10.6 Å². The molecule has 4 heteroatoms. The average Bonchev–Trinajstić information content (AvgIpc) is 3.04. The summed E-state index contributed by atoms with van der Waals surface area (Å²) in [4.78, 5) is 12.9. The second kappa shape index (κ2) is 5.78. The van der Waals surface area contributed by atoms with Gasteiger partial charge in [-0.1, -0.05) is 36.6 Å². The van der Waals surface area contributed by atoms with Gasteiger partial charge in [-0.3, -0.25) is 4.79 Å². The van der Waals surface area contributed by atoms with E-state index >= 15 is 0 Å². The Balaban J connectivity index is 1.51. The molecule has 3 nitrogen and oxygen atoms in total. The van der Waals surface area contributed by atoms with Crippen LogP contribution in [0.4, 0.5) is 0 Å². The normalized spacial score (nSPS) is 27.8. The summed E-state index contributed by atoms with van der Waals surface area (Å²) in [7, 11) is 0. The molecule has 2 saturated carbocycles. The van der Waals surface area contributed by atoms with Crippen LogP contribution in [-0.2, 0) is 10.3 Å². The van der Waals surface area contributed by atoms with E-state index in [2.05, 4.69) is 22.8 Å². The summed E-state index contributed by atoms with van der Waals surface area (Å²) in [6.45, 7) is 2.12. The standard InChI is InChI=1S/C19H25ClN2O/c20-15-5-3-14(4-6-15)19(7-1-2-8-19)22-17(23)16-13-18(16)9-11-21-12-10-18/h3-6,16,21H,1-2,7-13H2,(H,22,23). The number of nitrogens with one attached hydrogen (secondary N) is 2. The highest BCUT2D eigenvalue weighted by Crippen LogP contribution is 2.59.